The van der Waals surface area contributed by atoms with Gasteiger partial charge in [-0.2, -0.15) is 0 Å². The minimum absolute atomic E-state index is 0.0331. The van der Waals surface area contributed by atoms with Gasteiger partial charge in [-0.1, -0.05) is 12.8 Å². The molecular formula is C21H24F2N2O2. The molecule has 144 valence electrons. The summed E-state index contributed by atoms with van der Waals surface area (Å²) in [5.41, 5.74) is 0.970. The van der Waals surface area contributed by atoms with Crippen molar-refractivity contribution in [3.05, 3.63) is 23.9 Å². The first-order valence-electron chi connectivity index (χ1n) is 9.91. The van der Waals surface area contributed by atoms with E-state index in [1.165, 1.54) is 26.4 Å². The van der Waals surface area contributed by atoms with E-state index in [1.54, 1.807) is 18.2 Å². The van der Waals surface area contributed by atoms with Gasteiger partial charge in [-0.05, 0) is 55.6 Å². The zero-order chi connectivity index (χ0) is 18.8. The second kappa shape index (κ2) is 6.01. The molecule has 1 heterocycles. The highest BCUT2D eigenvalue weighted by molar-refractivity contribution is 5.77. The van der Waals surface area contributed by atoms with Crippen LogP contribution in [0.5, 0.6) is 11.6 Å². The number of fused-ring (bicyclic) bond motifs is 2. The van der Waals surface area contributed by atoms with Crippen LogP contribution in [0.2, 0.25) is 0 Å². The molecule has 0 aliphatic heterocycles. The van der Waals surface area contributed by atoms with Crippen molar-refractivity contribution in [2.24, 2.45) is 23.7 Å². The van der Waals surface area contributed by atoms with E-state index in [9.17, 15) is 13.9 Å². The SMILES string of the molecule is COc1ccc2nc(C3C(CCC[C@H]4CCC5CC54)C3(F)F)c(O)nc2c1. The highest BCUT2D eigenvalue weighted by Gasteiger charge is 2.69. The van der Waals surface area contributed by atoms with Gasteiger partial charge in [0, 0.05) is 12.0 Å². The van der Waals surface area contributed by atoms with Crippen molar-refractivity contribution in [1.29, 1.82) is 0 Å². The molecule has 3 aliphatic carbocycles. The maximum atomic E-state index is 14.4. The molecule has 6 heteroatoms. The minimum atomic E-state index is -2.80. The maximum Gasteiger partial charge on any atom is 0.260 e. The van der Waals surface area contributed by atoms with Crippen LogP contribution in [0.4, 0.5) is 8.78 Å². The van der Waals surface area contributed by atoms with Crippen molar-refractivity contribution >= 4 is 11.0 Å². The van der Waals surface area contributed by atoms with Crippen molar-refractivity contribution in [2.45, 2.75) is 50.4 Å². The van der Waals surface area contributed by atoms with E-state index < -0.39 is 17.8 Å². The molecule has 3 fully saturated rings. The predicted octanol–water partition coefficient (Wildman–Crippen LogP) is 4.91. The summed E-state index contributed by atoms with van der Waals surface area (Å²) in [7, 11) is 1.53. The summed E-state index contributed by atoms with van der Waals surface area (Å²) in [5, 5.41) is 10.2. The molecule has 1 N–H and O–H groups in total. The summed E-state index contributed by atoms with van der Waals surface area (Å²) < 4.78 is 34.0. The summed E-state index contributed by atoms with van der Waals surface area (Å²) in [6, 6.07) is 5.04. The van der Waals surface area contributed by atoms with Crippen LogP contribution in [0, 0.1) is 23.7 Å². The topological polar surface area (TPSA) is 55.2 Å². The molecule has 1 aromatic carbocycles. The van der Waals surface area contributed by atoms with Crippen LogP contribution in [-0.2, 0) is 0 Å². The molecule has 3 saturated carbocycles. The van der Waals surface area contributed by atoms with Gasteiger partial charge in [0.15, 0.2) is 0 Å². The molecule has 2 aromatic rings. The Labute approximate surface area is 157 Å². The first-order valence-corrected chi connectivity index (χ1v) is 9.91. The fourth-order valence-corrected chi connectivity index (χ4v) is 5.28. The Hall–Kier alpha value is -1.98. The Morgan fingerprint density at radius 3 is 2.74 bits per heavy atom. The van der Waals surface area contributed by atoms with E-state index in [1.807, 2.05) is 0 Å². The number of rotatable bonds is 6. The van der Waals surface area contributed by atoms with Crippen LogP contribution in [0.25, 0.3) is 11.0 Å². The molecule has 4 unspecified atom stereocenters. The van der Waals surface area contributed by atoms with Crippen molar-refractivity contribution in [3.8, 4) is 11.6 Å². The second-order valence-corrected chi connectivity index (χ2v) is 8.47. The molecule has 4 nitrogen and oxygen atoms in total. The highest BCUT2D eigenvalue weighted by Crippen LogP contribution is 2.65. The van der Waals surface area contributed by atoms with E-state index in [0.717, 1.165) is 30.6 Å². The zero-order valence-electron chi connectivity index (χ0n) is 15.4. The molecule has 3 aliphatic rings. The lowest BCUT2D eigenvalue weighted by atomic mass is 9.95. The molecule has 0 amide bonds. The third-order valence-corrected chi connectivity index (χ3v) is 6.96. The zero-order valence-corrected chi connectivity index (χ0v) is 15.4. The van der Waals surface area contributed by atoms with Crippen molar-refractivity contribution in [3.63, 3.8) is 0 Å². The molecule has 0 spiro atoms. The molecule has 5 atom stereocenters. The van der Waals surface area contributed by atoms with Gasteiger partial charge in [-0.15, -0.1) is 0 Å². The van der Waals surface area contributed by atoms with Gasteiger partial charge in [-0.25, -0.2) is 18.7 Å². The number of benzene rings is 1. The summed E-state index contributed by atoms with van der Waals surface area (Å²) in [4.78, 5) is 8.40. The van der Waals surface area contributed by atoms with E-state index in [-0.39, 0.29) is 11.6 Å². The fourth-order valence-electron chi connectivity index (χ4n) is 5.28. The lowest BCUT2D eigenvalue weighted by Crippen LogP contribution is -2.00. The van der Waals surface area contributed by atoms with Gasteiger partial charge in [0.2, 0.25) is 5.88 Å². The second-order valence-electron chi connectivity index (χ2n) is 8.47. The Morgan fingerprint density at radius 2 is 2.04 bits per heavy atom. The van der Waals surface area contributed by atoms with E-state index >= 15 is 0 Å². The van der Waals surface area contributed by atoms with E-state index in [4.69, 9.17) is 4.74 Å². The average molecular weight is 374 g/mol. The first-order chi connectivity index (χ1) is 13.0. The normalized spacial score (nSPS) is 33.1. The predicted molar refractivity (Wildman–Crippen MR) is 97.1 cm³/mol. The summed E-state index contributed by atoms with van der Waals surface area (Å²) in [6.45, 7) is 0. The monoisotopic (exact) mass is 374 g/mol. The number of hydrogen-bond acceptors (Lipinski definition) is 4. The lowest BCUT2D eigenvalue weighted by molar-refractivity contribution is 0.0900. The van der Waals surface area contributed by atoms with Crippen LogP contribution in [0.15, 0.2) is 18.2 Å². The Bertz CT molecular complexity index is 888. The fraction of sp³-hybridized carbons (Fsp3) is 0.619. The number of nitrogens with zero attached hydrogens (tertiary/aromatic N) is 2. The van der Waals surface area contributed by atoms with Crippen LogP contribution in [0.1, 0.15) is 50.1 Å². The number of alkyl halides is 2. The van der Waals surface area contributed by atoms with Crippen molar-refractivity contribution < 1.29 is 18.6 Å². The Balaban J connectivity index is 1.30. The molecule has 27 heavy (non-hydrogen) atoms. The number of aromatic nitrogens is 2. The Morgan fingerprint density at radius 1 is 1.19 bits per heavy atom. The average Bonchev–Trinajstić information content (AvgIpc) is 3.48. The molecular weight excluding hydrogens is 350 g/mol. The van der Waals surface area contributed by atoms with Gasteiger partial charge < -0.3 is 9.84 Å². The molecule has 5 rings (SSSR count). The van der Waals surface area contributed by atoms with Crippen LogP contribution in [-0.4, -0.2) is 28.1 Å². The largest absolute Gasteiger partial charge is 0.497 e. The molecule has 0 radical (unpaired) electrons. The van der Waals surface area contributed by atoms with Gasteiger partial charge in [0.1, 0.15) is 11.4 Å². The number of methoxy groups -OCH3 is 1. The number of aromatic hydroxyl groups is 1. The standard InChI is InChI=1S/C21H24F2N2O2/c1-27-13-7-8-16-17(10-13)25-20(26)19(24-16)18-15(21(18,22)23)4-2-3-11-5-6-12-9-14(11)12/h7-8,10-12,14-15,18H,2-6,9H2,1H3,(H,25,26)/t11-,12?,14?,15?,18?/m0/s1. The number of halogens is 2. The van der Waals surface area contributed by atoms with Crippen molar-refractivity contribution in [2.75, 3.05) is 7.11 Å². The maximum absolute atomic E-state index is 14.4. The summed E-state index contributed by atoms with van der Waals surface area (Å²) >= 11 is 0. The van der Waals surface area contributed by atoms with Crippen molar-refractivity contribution in [1.82, 2.24) is 9.97 Å². The van der Waals surface area contributed by atoms with Gasteiger partial charge >= 0.3 is 0 Å². The summed E-state index contributed by atoms with van der Waals surface area (Å²) in [5.74, 6) is -1.78. The van der Waals surface area contributed by atoms with Crippen LogP contribution in [0.3, 0.4) is 0 Å². The van der Waals surface area contributed by atoms with Gasteiger partial charge in [0.05, 0.1) is 24.1 Å². The summed E-state index contributed by atoms with van der Waals surface area (Å²) in [6.07, 6.45) is 6.37. The lowest BCUT2D eigenvalue weighted by Gasteiger charge is -2.10. The van der Waals surface area contributed by atoms with Crippen LogP contribution >= 0.6 is 0 Å². The van der Waals surface area contributed by atoms with E-state index in [2.05, 4.69) is 9.97 Å². The van der Waals surface area contributed by atoms with E-state index in [0.29, 0.717) is 23.2 Å². The molecule has 0 bridgehead atoms. The quantitative estimate of drug-likeness (QED) is 0.781. The molecule has 0 saturated heterocycles. The third-order valence-electron chi connectivity index (χ3n) is 6.96. The number of hydrogen-bond donors (Lipinski definition) is 1. The Kier molecular flexibility index (Phi) is 3.82. The minimum Gasteiger partial charge on any atom is -0.497 e. The van der Waals surface area contributed by atoms with Gasteiger partial charge in [0.25, 0.3) is 5.92 Å². The van der Waals surface area contributed by atoms with Gasteiger partial charge in [-0.3, -0.25) is 0 Å². The number of ether oxygens (including phenoxy) is 1. The third kappa shape index (κ3) is 2.84. The van der Waals surface area contributed by atoms with Crippen LogP contribution < -0.4 is 4.74 Å². The highest BCUT2D eigenvalue weighted by atomic mass is 19.3. The smallest absolute Gasteiger partial charge is 0.260 e. The molecule has 1 aromatic heterocycles. The first kappa shape index (κ1) is 17.1.